The highest BCUT2D eigenvalue weighted by atomic mass is 16.5. The molecule has 0 saturated carbocycles. The summed E-state index contributed by atoms with van der Waals surface area (Å²) in [6.45, 7) is 5.32. The minimum absolute atomic E-state index is 0.479. The zero-order valence-electron chi connectivity index (χ0n) is 14.4. The van der Waals surface area contributed by atoms with Gasteiger partial charge in [0.2, 0.25) is 0 Å². The van der Waals surface area contributed by atoms with Gasteiger partial charge in [0.05, 0.1) is 6.61 Å². The van der Waals surface area contributed by atoms with Crippen LogP contribution in [0, 0.1) is 0 Å². The molecular formula is C21H26N2O. The Kier molecular flexibility index (Phi) is 4.54. The molecule has 0 saturated heterocycles. The number of hydrogen-bond donors (Lipinski definition) is 0. The van der Waals surface area contributed by atoms with E-state index in [1.807, 2.05) is 0 Å². The highest BCUT2D eigenvalue weighted by molar-refractivity contribution is 5.37. The van der Waals surface area contributed by atoms with Crippen LogP contribution < -0.4 is 4.74 Å². The molecule has 0 aliphatic carbocycles. The molecule has 0 fully saturated rings. The predicted molar refractivity (Wildman–Crippen MR) is 97.3 cm³/mol. The zero-order valence-corrected chi connectivity index (χ0v) is 14.4. The molecule has 0 spiro atoms. The first-order valence-electron chi connectivity index (χ1n) is 9.02. The largest absolute Gasteiger partial charge is 0.493 e. The third-order valence-electron chi connectivity index (χ3n) is 5.44. The number of nitrogens with zero attached hydrogens (tertiary/aromatic N) is 2. The van der Waals surface area contributed by atoms with Crippen molar-refractivity contribution < 1.29 is 4.74 Å². The van der Waals surface area contributed by atoms with E-state index in [9.17, 15) is 0 Å². The summed E-state index contributed by atoms with van der Waals surface area (Å²) in [5.41, 5.74) is 4.37. The van der Waals surface area contributed by atoms with Crippen molar-refractivity contribution in [3.63, 3.8) is 0 Å². The van der Waals surface area contributed by atoms with Crippen molar-refractivity contribution in [2.75, 3.05) is 33.3 Å². The normalized spacial score (nSPS) is 20.3. The van der Waals surface area contributed by atoms with Gasteiger partial charge in [-0.2, -0.15) is 0 Å². The van der Waals surface area contributed by atoms with Crippen LogP contribution in [0.15, 0.2) is 48.5 Å². The van der Waals surface area contributed by atoms with Crippen LogP contribution in [0.4, 0.5) is 0 Å². The summed E-state index contributed by atoms with van der Waals surface area (Å²) in [7, 11) is 2.25. The Morgan fingerprint density at radius 2 is 1.88 bits per heavy atom. The summed E-state index contributed by atoms with van der Waals surface area (Å²) in [6, 6.07) is 17.8. The van der Waals surface area contributed by atoms with Crippen LogP contribution in [-0.2, 0) is 13.0 Å². The van der Waals surface area contributed by atoms with Crippen LogP contribution in [-0.4, -0.2) is 43.1 Å². The molecule has 2 aromatic rings. The number of likely N-dealkylation sites (N-methyl/N-ethyl adjacent to an activating group) is 1. The number of hydrogen-bond acceptors (Lipinski definition) is 3. The molecule has 0 amide bonds. The molecule has 3 nitrogen and oxygen atoms in total. The lowest BCUT2D eigenvalue weighted by Crippen LogP contribution is -2.38. The quantitative estimate of drug-likeness (QED) is 0.857. The summed E-state index contributed by atoms with van der Waals surface area (Å²) in [6.07, 6.45) is 2.26. The smallest absolute Gasteiger partial charge is 0.124 e. The molecule has 1 atom stereocenters. The van der Waals surface area contributed by atoms with Gasteiger partial charge >= 0.3 is 0 Å². The summed E-state index contributed by atoms with van der Waals surface area (Å²) >= 11 is 0. The van der Waals surface area contributed by atoms with E-state index in [1.54, 1.807) is 0 Å². The molecule has 2 aliphatic heterocycles. The first-order chi connectivity index (χ1) is 11.8. The summed E-state index contributed by atoms with van der Waals surface area (Å²) in [4.78, 5) is 5.09. The van der Waals surface area contributed by atoms with E-state index in [1.165, 1.54) is 29.7 Å². The van der Waals surface area contributed by atoms with E-state index in [4.69, 9.17) is 4.74 Å². The number of fused-ring (bicyclic) bond motifs is 2. The monoisotopic (exact) mass is 322 g/mol. The van der Waals surface area contributed by atoms with Crippen molar-refractivity contribution in [2.24, 2.45) is 0 Å². The average molecular weight is 322 g/mol. The third kappa shape index (κ3) is 3.19. The van der Waals surface area contributed by atoms with E-state index >= 15 is 0 Å². The molecule has 0 aromatic heterocycles. The minimum Gasteiger partial charge on any atom is -0.493 e. The van der Waals surface area contributed by atoms with Gasteiger partial charge in [0, 0.05) is 44.2 Å². The fourth-order valence-electron chi connectivity index (χ4n) is 3.98. The molecule has 0 bridgehead atoms. The second-order valence-electron chi connectivity index (χ2n) is 6.97. The molecule has 2 heterocycles. The zero-order chi connectivity index (χ0) is 16.4. The maximum atomic E-state index is 5.80. The lowest BCUT2D eigenvalue weighted by Gasteiger charge is -2.35. The van der Waals surface area contributed by atoms with Crippen molar-refractivity contribution in [2.45, 2.75) is 25.4 Å². The van der Waals surface area contributed by atoms with Gasteiger partial charge in [-0.1, -0.05) is 42.5 Å². The Balaban J connectivity index is 1.37. The van der Waals surface area contributed by atoms with E-state index in [0.29, 0.717) is 6.04 Å². The molecule has 24 heavy (non-hydrogen) atoms. The number of ether oxygens (including phenoxy) is 1. The van der Waals surface area contributed by atoms with Crippen LogP contribution in [0.25, 0.3) is 0 Å². The van der Waals surface area contributed by atoms with Crippen molar-refractivity contribution in [1.29, 1.82) is 0 Å². The first kappa shape index (κ1) is 15.7. The summed E-state index contributed by atoms with van der Waals surface area (Å²) in [5.74, 6) is 1.06. The van der Waals surface area contributed by atoms with Crippen LogP contribution >= 0.6 is 0 Å². The second-order valence-corrected chi connectivity index (χ2v) is 6.97. The Morgan fingerprint density at radius 3 is 2.79 bits per heavy atom. The molecule has 3 heteroatoms. The average Bonchev–Trinajstić information content (AvgIpc) is 2.65. The van der Waals surface area contributed by atoms with Crippen LogP contribution in [0.2, 0.25) is 0 Å². The molecular weight excluding hydrogens is 296 g/mol. The molecule has 0 N–H and O–H groups in total. The SMILES string of the molecule is CN(CCN1CCc2ccccc2C1)[C@H]1CCOc2ccccc21. The second kappa shape index (κ2) is 6.96. The Bertz CT molecular complexity index is 700. The lowest BCUT2D eigenvalue weighted by molar-refractivity contribution is 0.142. The van der Waals surface area contributed by atoms with Crippen molar-refractivity contribution >= 4 is 0 Å². The highest BCUT2D eigenvalue weighted by Gasteiger charge is 2.25. The fraction of sp³-hybridized carbons (Fsp3) is 0.429. The maximum Gasteiger partial charge on any atom is 0.124 e. The van der Waals surface area contributed by atoms with E-state index in [2.05, 4.69) is 65.4 Å². The van der Waals surface area contributed by atoms with Gasteiger partial charge in [-0.25, -0.2) is 0 Å². The van der Waals surface area contributed by atoms with Gasteiger partial charge in [0.1, 0.15) is 5.75 Å². The molecule has 0 unspecified atom stereocenters. The van der Waals surface area contributed by atoms with Gasteiger partial charge in [0.15, 0.2) is 0 Å². The third-order valence-corrected chi connectivity index (χ3v) is 5.44. The standard InChI is InChI=1S/C21H26N2O/c1-22(20-11-15-24-21-9-5-4-8-19(20)21)13-14-23-12-10-17-6-2-3-7-18(17)16-23/h2-9,20H,10-16H2,1H3/t20-/m0/s1. The maximum absolute atomic E-state index is 5.80. The topological polar surface area (TPSA) is 15.7 Å². The van der Waals surface area contributed by atoms with Crippen molar-refractivity contribution in [1.82, 2.24) is 9.80 Å². The summed E-state index contributed by atoms with van der Waals surface area (Å²) in [5, 5.41) is 0. The van der Waals surface area contributed by atoms with E-state index in [0.717, 1.165) is 38.4 Å². The van der Waals surface area contributed by atoms with Crippen molar-refractivity contribution in [3.05, 3.63) is 65.2 Å². The van der Waals surface area contributed by atoms with E-state index in [-0.39, 0.29) is 0 Å². The molecule has 126 valence electrons. The lowest BCUT2D eigenvalue weighted by atomic mass is 9.99. The van der Waals surface area contributed by atoms with Crippen LogP contribution in [0.1, 0.15) is 29.2 Å². The van der Waals surface area contributed by atoms with Crippen molar-refractivity contribution in [3.8, 4) is 5.75 Å². The summed E-state index contributed by atoms with van der Waals surface area (Å²) < 4.78 is 5.80. The predicted octanol–water partition coefficient (Wildman–Crippen LogP) is 3.50. The first-order valence-corrected chi connectivity index (χ1v) is 9.02. The van der Waals surface area contributed by atoms with Gasteiger partial charge in [0.25, 0.3) is 0 Å². The fourth-order valence-corrected chi connectivity index (χ4v) is 3.98. The molecule has 4 rings (SSSR count). The number of para-hydroxylation sites is 1. The number of benzene rings is 2. The molecule has 2 aliphatic rings. The van der Waals surface area contributed by atoms with Crippen LogP contribution in [0.5, 0.6) is 5.75 Å². The number of rotatable bonds is 4. The minimum atomic E-state index is 0.479. The highest BCUT2D eigenvalue weighted by Crippen LogP contribution is 2.34. The van der Waals surface area contributed by atoms with E-state index < -0.39 is 0 Å². The Morgan fingerprint density at radius 1 is 1.08 bits per heavy atom. The Hall–Kier alpha value is -1.84. The van der Waals surface area contributed by atoms with Gasteiger partial charge < -0.3 is 4.74 Å². The molecule has 0 radical (unpaired) electrons. The van der Waals surface area contributed by atoms with Gasteiger partial charge in [-0.15, -0.1) is 0 Å². The molecule has 2 aromatic carbocycles. The van der Waals surface area contributed by atoms with Crippen LogP contribution in [0.3, 0.4) is 0 Å². The Labute approximate surface area is 144 Å². The van der Waals surface area contributed by atoms with Gasteiger partial charge in [-0.3, -0.25) is 9.80 Å². The van der Waals surface area contributed by atoms with Gasteiger partial charge in [-0.05, 0) is 30.7 Å².